The number of nitrogens with zero attached hydrogens (tertiary/aromatic N) is 2. The van der Waals surface area contributed by atoms with Gasteiger partial charge in [-0.2, -0.15) is 0 Å². The third-order valence-corrected chi connectivity index (χ3v) is 3.48. The van der Waals surface area contributed by atoms with Gasteiger partial charge >= 0.3 is 6.09 Å². The van der Waals surface area contributed by atoms with Crippen LogP contribution in [0.5, 0.6) is 5.75 Å². The summed E-state index contributed by atoms with van der Waals surface area (Å²) in [6.45, 7) is 7.37. The van der Waals surface area contributed by atoms with Crippen LogP contribution in [-0.4, -0.2) is 40.1 Å². The second-order valence-corrected chi connectivity index (χ2v) is 6.90. The van der Waals surface area contributed by atoms with Gasteiger partial charge in [0.15, 0.2) is 6.10 Å². The van der Waals surface area contributed by atoms with Gasteiger partial charge in [0.05, 0.1) is 5.69 Å². The van der Waals surface area contributed by atoms with Crippen LogP contribution in [0.25, 0.3) is 0 Å². The third kappa shape index (κ3) is 3.97. The van der Waals surface area contributed by atoms with Gasteiger partial charge in [0.1, 0.15) is 16.0 Å². The number of rotatable bonds is 2. The lowest BCUT2D eigenvalue weighted by Gasteiger charge is -2.23. The molecule has 120 valence electrons. The summed E-state index contributed by atoms with van der Waals surface area (Å²) in [4.78, 5) is 29.6. The summed E-state index contributed by atoms with van der Waals surface area (Å²) in [5, 5.41) is 0. The van der Waals surface area contributed by atoms with Crippen LogP contribution in [0.3, 0.4) is 0 Å². The second-order valence-electron chi connectivity index (χ2n) is 6.08. The highest BCUT2D eigenvalue weighted by atomic mass is 79.9. The fourth-order valence-corrected chi connectivity index (χ4v) is 2.46. The Balaban J connectivity index is 2.04. The first-order valence-electron chi connectivity index (χ1n) is 7.01. The maximum absolute atomic E-state index is 12.3. The SMILES string of the molecule is Cc1nc(Br)ccc1OC1CCN(C(=O)OC(C)(C)C)C1=O. The van der Waals surface area contributed by atoms with E-state index in [-0.39, 0.29) is 5.91 Å². The Morgan fingerprint density at radius 3 is 2.68 bits per heavy atom. The predicted octanol–water partition coefficient (Wildman–Crippen LogP) is 3.07. The molecule has 2 rings (SSSR count). The highest BCUT2D eigenvalue weighted by Crippen LogP contribution is 2.24. The molecular formula is C15H19BrN2O4. The van der Waals surface area contributed by atoms with Crippen molar-refractivity contribution in [2.45, 2.75) is 45.8 Å². The van der Waals surface area contributed by atoms with Crippen molar-refractivity contribution in [2.75, 3.05) is 6.54 Å². The zero-order valence-corrected chi connectivity index (χ0v) is 14.6. The number of ether oxygens (including phenoxy) is 2. The van der Waals surface area contributed by atoms with Crippen molar-refractivity contribution in [1.82, 2.24) is 9.88 Å². The molecule has 0 radical (unpaired) electrons. The van der Waals surface area contributed by atoms with Gasteiger partial charge in [-0.3, -0.25) is 4.79 Å². The highest BCUT2D eigenvalue weighted by Gasteiger charge is 2.39. The monoisotopic (exact) mass is 370 g/mol. The van der Waals surface area contributed by atoms with Crippen molar-refractivity contribution in [2.24, 2.45) is 0 Å². The van der Waals surface area contributed by atoms with E-state index in [1.165, 1.54) is 0 Å². The summed E-state index contributed by atoms with van der Waals surface area (Å²) in [6, 6.07) is 3.49. The molecule has 1 unspecified atom stereocenters. The smallest absolute Gasteiger partial charge is 0.417 e. The minimum atomic E-state index is -0.686. The molecule has 6 nitrogen and oxygen atoms in total. The number of hydrogen-bond acceptors (Lipinski definition) is 5. The van der Waals surface area contributed by atoms with E-state index in [9.17, 15) is 9.59 Å². The van der Waals surface area contributed by atoms with Crippen molar-refractivity contribution in [3.05, 3.63) is 22.4 Å². The maximum Gasteiger partial charge on any atom is 0.417 e. The third-order valence-electron chi connectivity index (χ3n) is 3.04. The first-order chi connectivity index (χ1) is 10.2. The lowest BCUT2D eigenvalue weighted by Crippen LogP contribution is -2.40. The zero-order chi connectivity index (χ0) is 16.5. The molecule has 0 spiro atoms. The summed E-state index contributed by atoms with van der Waals surface area (Å²) in [6.07, 6.45) is -0.878. The predicted molar refractivity (Wildman–Crippen MR) is 83.7 cm³/mol. The fraction of sp³-hybridized carbons (Fsp3) is 0.533. The standard InChI is InChI=1S/C15H19BrN2O4/c1-9-10(5-6-12(16)17-9)21-11-7-8-18(13(11)19)14(20)22-15(2,3)4/h5-6,11H,7-8H2,1-4H3. The Hall–Kier alpha value is -1.63. The van der Waals surface area contributed by atoms with Crippen molar-refractivity contribution in [1.29, 1.82) is 0 Å². The molecule has 2 amide bonds. The average Bonchev–Trinajstić information content (AvgIpc) is 2.72. The Bertz CT molecular complexity index is 598. The van der Waals surface area contributed by atoms with E-state index in [0.29, 0.717) is 29.0 Å². The normalized spacial score (nSPS) is 18.5. The van der Waals surface area contributed by atoms with Gasteiger partial charge in [0.25, 0.3) is 5.91 Å². The van der Waals surface area contributed by atoms with Crippen LogP contribution < -0.4 is 4.74 Å². The van der Waals surface area contributed by atoms with E-state index in [0.717, 1.165) is 4.90 Å². The van der Waals surface area contributed by atoms with E-state index in [2.05, 4.69) is 20.9 Å². The van der Waals surface area contributed by atoms with E-state index in [1.54, 1.807) is 39.8 Å². The van der Waals surface area contributed by atoms with Gasteiger partial charge in [-0.25, -0.2) is 14.7 Å². The molecule has 0 bridgehead atoms. The number of likely N-dealkylation sites (tertiary alicyclic amines) is 1. The van der Waals surface area contributed by atoms with Crippen molar-refractivity contribution >= 4 is 27.9 Å². The van der Waals surface area contributed by atoms with Gasteiger partial charge in [0.2, 0.25) is 0 Å². The average molecular weight is 371 g/mol. The molecule has 2 heterocycles. The molecule has 1 aliphatic heterocycles. The molecule has 1 aromatic rings. The number of pyridine rings is 1. The lowest BCUT2D eigenvalue weighted by molar-refractivity contribution is -0.132. The van der Waals surface area contributed by atoms with Gasteiger partial charge in [-0.1, -0.05) is 0 Å². The topological polar surface area (TPSA) is 68.7 Å². The number of halogens is 1. The molecule has 1 aliphatic rings. The Morgan fingerprint density at radius 2 is 2.09 bits per heavy atom. The Kier molecular flexibility index (Phi) is 4.75. The molecule has 0 N–H and O–H groups in total. The fourth-order valence-electron chi connectivity index (χ4n) is 2.06. The van der Waals surface area contributed by atoms with Crippen molar-refractivity contribution in [3.8, 4) is 5.75 Å². The minimum Gasteiger partial charge on any atom is -0.479 e. The minimum absolute atomic E-state index is 0.293. The van der Waals surface area contributed by atoms with Crippen LogP contribution in [0.15, 0.2) is 16.7 Å². The molecule has 0 aromatic carbocycles. The van der Waals surface area contributed by atoms with Crippen molar-refractivity contribution in [3.63, 3.8) is 0 Å². The van der Waals surface area contributed by atoms with Gasteiger partial charge < -0.3 is 9.47 Å². The van der Waals surface area contributed by atoms with Crippen LogP contribution in [-0.2, 0) is 9.53 Å². The van der Waals surface area contributed by atoms with Crippen LogP contribution >= 0.6 is 15.9 Å². The second kappa shape index (κ2) is 6.24. The molecule has 1 saturated heterocycles. The number of imide groups is 1. The number of aromatic nitrogens is 1. The molecule has 22 heavy (non-hydrogen) atoms. The molecule has 7 heteroatoms. The molecule has 0 aliphatic carbocycles. The summed E-state index contributed by atoms with van der Waals surface area (Å²) in [7, 11) is 0. The van der Waals surface area contributed by atoms with Crippen LogP contribution in [0.4, 0.5) is 4.79 Å². The van der Waals surface area contributed by atoms with E-state index >= 15 is 0 Å². The van der Waals surface area contributed by atoms with Crippen molar-refractivity contribution < 1.29 is 19.1 Å². The summed E-state index contributed by atoms with van der Waals surface area (Å²) >= 11 is 3.27. The quantitative estimate of drug-likeness (QED) is 0.748. The molecule has 0 saturated carbocycles. The Labute approximate surface area is 137 Å². The van der Waals surface area contributed by atoms with Crippen LogP contribution in [0.1, 0.15) is 32.9 Å². The number of aryl methyl sites for hydroxylation is 1. The number of amides is 2. The summed E-state index contributed by atoms with van der Waals surface area (Å²) < 4.78 is 11.6. The van der Waals surface area contributed by atoms with Crippen LogP contribution in [0.2, 0.25) is 0 Å². The molecule has 1 fully saturated rings. The van der Waals surface area contributed by atoms with Gasteiger partial charge in [-0.05, 0) is 55.8 Å². The summed E-state index contributed by atoms with van der Waals surface area (Å²) in [5.74, 6) is 0.157. The summed E-state index contributed by atoms with van der Waals surface area (Å²) in [5.41, 5.74) is 0.0422. The van der Waals surface area contributed by atoms with E-state index < -0.39 is 17.8 Å². The van der Waals surface area contributed by atoms with E-state index in [4.69, 9.17) is 9.47 Å². The molecule has 1 aromatic heterocycles. The van der Waals surface area contributed by atoms with Crippen LogP contribution in [0, 0.1) is 6.92 Å². The maximum atomic E-state index is 12.3. The number of carbonyl (C=O) groups is 2. The van der Waals surface area contributed by atoms with Gasteiger partial charge in [-0.15, -0.1) is 0 Å². The first kappa shape index (κ1) is 16.7. The molecule has 1 atom stereocenters. The Morgan fingerprint density at radius 1 is 1.41 bits per heavy atom. The lowest BCUT2D eigenvalue weighted by atomic mass is 10.2. The molecular weight excluding hydrogens is 352 g/mol. The highest BCUT2D eigenvalue weighted by molar-refractivity contribution is 9.10. The zero-order valence-electron chi connectivity index (χ0n) is 13.1. The number of carbonyl (C=O) groups excluding carboxylic acids is 2. The number of hydrogen-bond donors (Lipinski definition) is 0. The van der Waals surface area contributed by atoms with E-state index in [1.807, 2.05) is 0 Å². The van der Waals surface area contributed by atoms with Gasteiger partial charge in [0, 0.05) is 13.0 Å². The largest absolute Gasteiger partial charge is 0.479 e. The first-order valence-corrected chi connectivity index (χ1v) is 7.81.